The Bertz CT molecular complexity index is 418. The summed E-state index contributed by atoms with van der Waals surface area (Å²) < 4.78 is 0. The topological polar surface area (TPSA) is 24.9 Å². The molecular formula is C16H28N2S. The van der Waals surface area contributed by atoms with Crippen molar-refractivity contribution in [2.45, 2.75) is 72.4 Å². The molecule has 0 aromatic carbocycles. The minimum absolute atomic E-state index is 0.102. The fraction of sp³-hybridized carbons (Fsp3) is 0.812. The van der Waals surface area contributed by atoms with E-state index in [1.54, 1.807) is 0 Å². The number of aryl methyl sites for hydroxylation is 2. The number of hydrogen-bond acceptors (Lipinski definition) is 3. The molecule has 1 saturated carbocycles. The van der Waals surface area contributed by atoms with Gasteiger partial charge in [0, 0.05) is 10.9 Å². The van der Waals surface area contributed by atoms with Crippen LogP contribution in [-0.4, -0.2) is 11.0 Å². The van der Waals surface area contributed by atoms with E-state index in [2.05, 4.69) is 46.9 Å². The summed E-state index contributed by atoms with van der Waals surface area (Å²) in [6, 6.07) is 0.500. The molecule has 3 unspecified atom stereocenters. The van der Waals surface area contributed by atoms with Crippen molar-refractivity contribution in [1.82, 2.24) is 10.3 Å². The van der Waals surface area contributed by atoms with Crippen LogP contribution in [0.5, 0.6) is 0 Å². The zero-order valence-corrected chi connectivity index (χ0v) is 14.0. The second kappa shape index (κ2) is 5.53. The van der Waals surface area contributed by atoms with Gasteiger partial charge in [-0.1, -0.05) is 13.8 Å². The molecule has 3 atom stereocenters. The van der Waals surface area contributed by atoms with Crippen molar-refractivity contribution in [2.24, 2.45) is 11.8 Å². The van der Waals surface area contributed by atoms with Crippen molar-refractivity contribution in [2.75, 3.05) is 0 Å². The standard InChI is InChI=1S/C16H28N2S/c1-10(2)18-16(8-7-11(3)9-12(16)4)15-17-13(5)14(6)19-15/h10-12,18H,7-9H2,1-6H3. The maximum Gasteiger partial charge on any atom is 0.114 e. The molecule has 0 amide bonds. The Morgan fingerprint density at radius 3 is 2.47 bits per heavy atom. The van der Waals surface area contributed by atoms with Crippen LogP contribution in [-0.2, 0) is 5.54 Å². The molecule has 1 fully saturated rings. The molecule has 19 heavy (non-hydrogen) atoms. The number of hydrogen-bond donors (Lipinski definition) is 1. The summed E-state index contributed by atoms with van der Waals surface area (Å²) in [6.45, 7) is 13.6. The third-order valence-electron chi connectivity index (χ3n) is 4.59. The third-order valence-corrected chi connectivity index (χ3v) is 5.84. The summed E-state index contributed by atoms with van der Waals surface area (Å²) >= 11 is 1.89. The Balaban J connectivity index is 2.39. The first-order valence-corrected chi connectivity index (χ1v) is 8.39. The van der Waals surface area contributed by atoms with Gasteiger partial charge in [0.05, 0.1) is 11.2 Å². The molecule has 0 spiro atoms. The summed E-state index contributed by atoms with van der Waals surface area (Å²) in [4.78, 5) is 6.26. The molecule has 1 aliphatic rings. The van der Waals surface area contributed by atoms with Gasteiger partial charge in [-0.15, -0.1) is 11.3 Å². The van der Waals surface area contributed by atoms with Crippen molar-refractivity contribution in [1.29, 1.82) is 0 Å². The Morgan fingerprint density at radius 2 is 2.00 bits per heavy atom. The van der Waals surface area contributed by atoms with E-state index in [-0.39, 0.29) is 5.54 Å². The quantitative estimate of drug-likeness (QED) is 0.887. The summed E-state index contributed by atoms with van der Waals surface area (Å²) in [7, 11) is 0. The summed E-state index contributed by atoms with van der Waals surface area (Å²) in [5.41, 5.74) is 1.31. The molecule has 108 valence electrons. The summed E-state index contributed by atoms with van der Waals surface area (Å²) in [5.74, 6) is 1.50. The van der Waals surface area contributed by atoms with Crippen LogP contribution in [0.3, 0.4) is 0 Å². The lowest BCUT2D eigenvalue weighted by Crippen LogP contribution is -2.53. The van der Waals surface area contributed by atoms with Gasteiger partial charge in [0.15, 0.2) is 0 Å². The number of nitrogens with zero attached hydrogens (tertiary/aromatic N) is 1. The Hall–Kier alpha value is -0.410. The first kappa shape index (κ1) is 15.0. The molecule has 0 aliphatic heterocycles. The fourth-order valence-electron chi connectivity index (χ4n) is 3.42. The van der Waals surface area contributed by atoms with E-state index in [0.29, 0.717) is 12.0 Å². The van der Waals surface area contributed by atoms with Crippen molar-refractivity contribution < 1.29 is 0 Å². The highest BCUT2D eigenvalue weighted by Crippen LogP contribution is 2.45. The molecule has 1 aliphatic carbocycles. The van der Waals surface area contributed by atoms with Crippen LogP contribution >= 0.6 is 11.3 Å². The molecule has 1 N–H and O–H groups in total. The number of aromatic nitrogens is 1. The van der Waals surface area contributed by atoms with E-state index in [9.17, 15) is 0 Å². The maximum absolute atomic E-state index is 4.89. The van der Waals surface area contributed by atoms with E-state index < -0.39 is 0 Å². The number of nitrogens with one attached hydrogen (secondary N) is 1. The fourth-order valence-corrected chi connectivity index (χ4v) is 4.63. The van der Waals surface area contributed by atoms with Crippen molar-refractivity contribution >= 4 is 11.3 Å². The molecule has 1 aromatic heterocycles. The average molecular weight is 280 g/mol. The van der Waals surface area contributed by atoms with E-state index in [0.717, 1.165) is 5.92 Å². The zero-order valence-electron chi connectivity index (χ0n) is 13.2. The molecule has 2 nitrogen and oxygen atoms in total. The third kappa shape index (κ3) is 2.87. The van der Waals surface area contributed by atoms with Gasteiger partial charge >= 0.3 is 0 Å². The van der Waals surface area contributed by atoms with E-state index in [4.69, 9.17) is 4.98 Å². The number of rotatable bonds is 3. The SMILES string of the molecule is Cc1nc(C2(NC(C)C)CCC(C)CC2C)sc1C. The van der Waals surface area contributed by atoms with Crippen LogP contribution in [0, 0.1) is 25.7 Å². The Morgan fingerprint density at radius 1 is 1.32 bits per heavy atom. The van der Waals surface area contributed by atoms with Gasteiger partial charge in [-0.2, -0.15) is 0 Å². The Kier molecular flexibility index (Phi) is 4.36. The van der Waals surface area contributed by atoms with Crippen LogP contribution in [0.4, 0.5) is 0 Å². The lowest BCUT2D eigenvalue weighted by atomic mass is 9.70. The lowest BCUT2D eigenvalue weighted by Gasteiger charge is -2.45. The largest absolute Gasteiger partial charge is 0.303 e. The van der Waals surface area contributed by atoms with Crippen LogP contribution in [0.2, 0.25) is 0 Å². The monoisotopic (exact) mass is 280 g/mol. The smallest absolute Gasteiger partial charge is 0.114 e. The average Bonchev–Trinajstić information content (AvgIpc) is 2.63. The van der Waals surface area contributed by atoms with Crippen LogP contribution in [0.25, 0.3) is 0 Å². The van der Waals surface area contributed by atoms with Gasteiger partial charge in [0.25, 0.3) is 0 Å². The van der Waals surface area contributed by atoms with Crippen LogP contribution in [0.1, 0.15) is 62.5 Å². The summed E-state index contributed by atoms with van der Waals surface area (Å²) in [6.07, 6.45) is 3.83. The second-order valence-corrected chi connectivity index (χ2v) is 7.91. The van der Waals surface area contributed by atoms with Crippen LogP contribution in [0.15, 0.2) is 0 Å². The second-order valence-electron chi connectivity index (χ2n) is 6.71. The van der Waals surface area contributed by atoms with Gasteiger partial charge in [-0.3, -0.25) is 0 Å². The minimum atomic E-state index is 0.102. The van der Waals surface area contributed by atoms with E-state index >= 15 is 0 Å². The predicted molar refractivity (Wildman–Crippen MR) is 83.7 cm³/mol. The van der Waals surface area contributed by atoms with Gasteiger partial charge in [-0.25, -0.2) is 4.98 Å². The highest BCUT2D eigenvalue weighted by molar-refractivity contribution is 7.11. The van der Waals surface area contributed by atoms with Crippen molar-refractivity contribution in [3.63, 3.8) is 0 Å². The normalized spacial score (nSPS) is 31.9. The molecule has 1 heterocycles. The molecule has 0 saturated heterocycles. The Labute approximate surface area is 122 Å². The molecule has 3 heteroatoms. The van der Waals surface area contributed by atoms with Gasteiger partial charge in [0.2, 0.25) is 0 Å². The molecule has 1 aromatic rings. The van der Waals surface area contributed by atoms with Crippen LogP contribution < -0.4 is 5.32 Å². The summed E-state index contributed by atoms with van der Waals surface area (Å²) in [5, 5.41) is 5.19. The molecular weight excluding hydrogens is 252 g/mol. The highest BCUT2D eigenvalue weighted by Gasteiger charge is 2.44. The molecule has 0 radical (unpaired) electrons. The first-order valence-electron chi connectivity index (χ1n) is 7.57. The first-order chi connectivity index (χ1) is 8.85. The predicted octanol–water partition coefficient (Wildman–Crippen LogP) is 4.41. The van der Waals surface area contributed by atoms with Gasteiger partial charge in [-0.05, 0) is 58.8 Å². The molecule has 0 bridgehead atoms. The zero-order chi connectivity index (χ0) is 14.2. The van der Waals surface area contributed by atoms with Crippen molar-refractivity contribution in [3.8, 4) is 0 Å². The minimum Gasteiger partial charge on any atom is -0.303 e. The molecule has 2 rings (SSSR count). The number of thiazole rings is 1. The lowest BCUT2D eigenvalue weighted by molar-refractivity contribution is 0.112. The maximum atomic E-state index is 4.89. The van der Waals surface area contributed by atoms with E-state index in [1.807, 2.05) is 11.3 Å². The van der Waals surface area contributed by atoms with Gasteiger partial charge in [0.1, 0.15) is 5.01 Å². The van der Waals surface area contributed by atoms with Gasteiger partial charge < -0.3 is 5.32 Å². The van der Waals surface area contributed by atoms with E-state index in [1.165, 1.54) is 34.8 Å². The highest BCUT2D eigenvalue weighted by atomic mass is 32.1. The van der Waals surface area contributed by atoms with Crippen molar-refractivity contribution in [3.05, 3.63) is 15.6 Å².